The average Bonchev–Trinajstić information content (AvgIpc) is 2.79. The van der Waals surface area contributed by atoms with Crippen LogP contribution in [0.25, 0.3) is 6.08 Å². The van der Waals surface area contributed by atoms with Crippen molar-refractivity contribution < 1.29 is 19.1 Å². The van der Waals surface area contributed by atoms with Gasteiger partial charge in [-0.1, -0.05) is 45.7 Å². The third-order valence-corrected chi connectivity index (χ3v) is 5.17. The highest BCUT2D eigenvalue weighted by atomic mass is 79.9. The zero-order valence-electron chi connectivity index (χ0n) is 17.3. The summed E-state index contributed by atoms with van der Waals surface area (Å²) in [5.74, 6) is -0.0742. The van der Waals surface area contributed by atoms with E-state index in [0.717, 1.165) is 10.0 Å². The third-order valence-electron chi connectivity index (χ3n) is 4.40. The Bertz CT molecular complexity index is 1160. The van der Waals surface area contributed by atoms with Crippen molar-refractivity contribution in [2.45, 2.75) is 0 Å². The zero-order valence-corrected chi connectivity index (χ0v) is 19.7. The van der Waals surface area contributed by atoms with E-state index >= 15 is 0 Å². The Hall–Kier alpha value is -3.29. The first kappa shape index (κ1) is 23.4. The topological polar surface area (TPSA) is 76.7 Å². The number of rotatable bonds is 7. The highest BCUT2D eigenvalue weighted by molar-refractivity contribution is 9.10. The lowest BCUT2D eigenvalue weighted by atomic mass is 10.1. The second-order valence-electron chi connectivity index (χ2n) is 6.60. The molecule has 0 saturated heterocycles. The van der Waals surface area contributed by atoms with Crippen LogP contribution in [0.5, 0.6) is 11.5 Å². The SMILES string of the molecule is COc1ccc(C(=O)NC(=Cc2ccc(Br)cc2)C(=O)Nc2cccc(Cl)c2)cc1OC. The summed E-state index contributed by atoms with van der Waals surface area (Å²) in [4.78, 5) is 25.9. The van der Waals surface area contributed by atoms with Crippen molar-refractivity contribution in [1.29, 1.82) is 0 Å². The fourth-order valence-corrected chi connectivity index (χ4v) is 3.28. The largest absolute Gasteiger partial charge is 0.493 e. The first-order chi connectivity index (χ1) is 15.4. The molecule has 3 aromatic carbocycles. The number of anilines is 1. The summed E-state index contributed by atoms with van der Waals surface area (Å²) in [5.41, 5.74) is 1.61. The van der Waals surface area contributed by atoms with Gasteiger partial charge in [-0.3, -0.25) is 9.59 Å². The summed E-state index contributed by atoms with van der Waals surface area (Å²) in [5, 5.41) is 5.92. The Kier molecular flexibility index (Phi) is 7.92. The number of halogens is 2. The van der Waals surface area contributed by atoms with Gasteiger partial charge in [0.15, 0.2) is 11.5 Å². The molecule has 0 unspecified atom stereocenters. The number of nitrogens with one attached hydrogen (secondary N) is 2. The fourth-order valence-electron chi connectivity index (χ4n) is 2.82. The first-order valence-corrected chi connectivity index (χ1v) is 10.6. The molecule has 2 N–H and O–H groups in total. The molecule has 0 aromatic heterocycles. The summed E-state index contributed by atoms with van der Waals surface area (Å²) in [7, 11) is 2.99. The number of hydrogen-bond donors (Lipinski definition) is 2. The monoisotopic (exact) mass is 514 g/mol. The second-order valence-corrected chi connectivity index (χ2v) is 7.95. The van der Waals surface area contributed by atoms with Gasteiger partial charge in [-0.2, -0.15) is 0 Å². The quantitative estimate of drug-likeness (QED) is 0.406. The van der Waals surface area contributed by atoms with Crippen LogP contribution in [-0.4, -0.2) is 26.0 Å². The molecule has 0 bridgehead atoms. The van der Waals surface area contributed by atoms with Crippen molar-refractivity contribution in [3.8, 4) is 11.5 Å². The van der Waals surface area contributed by atoms with Gasteiger partial charge in [0, 0.05) is 20.7 Å². The first-order valence-electron chi connectivity index (χ1n) is 9.47. The molecular weight excluding hydrogens is 496 g/mol. The van der Waals surface area contributed by atoms with E-state index in [1.165, 1.54) is 14.2 Å². The Balaban J connectivity index is 1.90. The third kappa shape index (κ3) is 6.12. The maximum atomic E-state index is 13.0. The van der Waals surface area contributed by atoms with Crippen LogP contribution < -0.4 is 20.1 Å². The molecule has 3 rings (SSSR count). The molecule has 0 radical (unpaired) electrons. The van der Waals surface area contributed by atoms with E-state index < -0.39 is 11.8 Å². The van der Waals surface area contributed by atoms with Gasteiger partial charge in [-0.25, -0.2) is 0 Å². The van der Waals surface area contributed by atoms with E-state index in [1.54, 1.807) is 48.5 Å². The molecule has 32 heavy (non-hydrogen) atoms. The Morgan fingerprint density at radius 1 is 0.938 bits per heavy atom. The molecule has 0 heterocycles. The van der Waals surface area contributed by atoms with Gasteiger partial charge in [0.2, 0.25) is 0 Å². The maximum absolute atomic E-state index is 13.0. The second kappa shape index (κ2) is 10.8. The predicted molar refractivity (Wildman–Crippen MR) is 129 cm³/mol. The molecule has 6 nitrogen and oxygen atoms in total. The molecule has 0 aliphatic carbocycles. The molecule has 0 aliphatic heterocycles. The number of carbonyl (C=O) groups is 2. The molecule has 3 aromatic rings. The van der Waals surface area contributed by atoms with E-state index in [4.69, 9.17) is 21.1 Å². The number of carbonyl (C=O) groups excluding carboxylic acids is 2. The van der Waals surface area contributed by atoms with Crippen LogP contribution in [-0.2, 0) is 4.79 Å². The zero-order chi connectivity index (χ0) is 23.1. The summed E-state index contributed by atoms with van der Waals surface area (Å²) < 4.78 is 11.4. The van der Waals surface area contributed by atoms with Gasteiger partial charge in [0.05, 0.1) is 14.2 Å². The van der Waals surface area contributed by atoms with E-state index in [9.17, 15) is 9.59 Å². The van der Waals surface area contributed by atoms with Crippen LogP contribution in [0.15, 0.2) is 76.9 Å². The van der Waals surface area contributed by atoms with E-state index in [0.29, 0.717) is 27.8 Å². The summed E-state index contributed by atoms with van der Waals surface area (Å²) >= 11 is 9.39. The fraction of sp³-hybridized carbons (Fsp3) is 0.0833. The van der Waals surface area contributed by atoms with Crippen molar-refractivity contribution in [3.05, 3.63) is 93.0 Å². The van der Waals surface area contributed by atoms with Crippen LogP contribution >= 0.6 is 27.5 Å². The van der Waals surface area contributed by atoms with Crippen LogP contribution in [0.4, 0.5) is 5.69 Å². The van der Waals surface area contributed by atoms with Crippen molar-refractivity contribution in [2.24, 2.45) is 0 Å². The van der Waals surface area contributed by atoms with Gasteiger partial charge in [-0.05, 0) is 60.2 Å². The Morgan fingerprint density at radius 3 is 2.31 bits per heavy atom. The summed E-state index contributed by atoms with van der Waals surface area (Å²) in [6.07, 6.45) is 1.59. The number of hydrogen-bond acceptors (Lipinski definition) is 4. The maximum Gasteiger partial charge on any atom is 0.272 e. The van der Waals surface area contributed by atoms with Crippen molar-refractivity contribution in [3.63, 3.8) is 0 Å². The van der Waals surface area contributed by atoms with Gasteiger partial charge < -0.3 is 20.1 Å². The van der Waals surface area contributed by atoms with Crippen LogP contribution in [0, 0.1) is 0 Å². The number of amides is 2. The van der Waals surface area contributed by atoms with E-state index in [1.807, 2.05) is 24.3 Å². The molecule has 2 amide bonds. The van der Waals surface area contributed by atoms with Gasteiger partial charge in [-0.15, -0.1) is 0 Å². The molecule has 164 valence electrons. The highest BCUT2D eigenvalue weighted by Crippen LogP contribution is 2.27. The summed E-state index contributed by atoms with van der Waals surface area (Å²) in [6.45, 7) is 0. The molecule has 0 saturated carbocycles. The Morgan fingerprint density at radius 2 is 1.66 bits per heavy atom. The molecule has 8 heteroatoms. The highest BCUT2D eigenvalue weighted by Gasteiger charge is 2.17. The lowest BCUT2D eigenvalue weighted by molar-refractivity contribution is -0.113. The molecular formula is C24H20BrClN2O4. The summed E-state index contributed by atoms with van der Waals surface area (Å²) in [6, 6.07) is 18.8. The van der Waals surface area contributed by atoms with Gasteiger partial charge >= 0.3 is 0 Å². The van der Waals surface area contributed by atoms with Crippen molar-refractivity contribution in [1.82, 2.24) is 5.32 Å². The lowest BCUT2D eigenvalue weighted by Crippen LogP contribution is -2.30. The number of methoxy groups -OCH3 is 2. The van der Waals surface area contributed by atoms with Crippen molar-refractivity contribution >= 4 is 51.1 Å². The van der Waals surface area contributed by atoms with Gasteiger partial charge in [0.25, 0.3) is 11.8 Å². The minimum Gasteiger partial charge on any atom is -0.493 e. The van der Waals surface area contributed by atoms with Crippen molar-refractivity contribution in [2.75, 3.05) is 19.5 Å². The predicted octanol–water partition coefficient (Wildman–Crippen LogP) is 5.53. The standard InChI is InChI=1S/C24H20BrClN2O4/c1-31-21-11-8-16(13-22(21)32-2)23(29)28-20(12-15-6-9-17(25)10-7-15)24(30)27-19-5-3-4-18(26)14-19/h3-14H,1-2H3,(H,27,30)(H,28,29). The Labute approximate surface area is 199 Å². The van der Waals surface area contributed by atoms with Crippen LogP contribution in [0.2, 0.25) is 5.02 Å². The normalized spacial score (nSPS) is 10.9. The minimum absolute atomic E-state index is 0.0621. The smallest absolute Gasteiger partial charge is 0.272 e. The lowest BCUT2D eigenvalue weighted by Gasteiger charge is -2.13. The van der Waals surface area contributed by atoms with Crippen LogP contribution in [0.1, 0.15) is 15.9 Å². The molecule has 0 atom stereocenters. The van der Waals surface area contributed by atoms with E-state index in [-0.39, 0.29) is 5.70 Å². The minimum atomic E-state index is -0.496. The molecule has 0 spiro atoms. The number of ether oxygens (including phenoxy) is 2. The number of benzene rings is 3. The molecule has 0 aliphatic rings. The molecule has 0 fully saturated rings. The average molecular weight is 516 g/mol. The van der Waals surface area contributed by atoms with Crippen LogP contribution in [0.3, 0.4) is 0 Å². The van der Waals surface area contributed by atoms with Gasteiger partial charge in [0.1, 0.15) is 5.70 Å². The van der Waals surface area contributed by atoms with E-state index in [2.05, 4.69) is 26.6 Å².